The minimum absolute atomic E-state index is 0.571. The molecule has 1 aliphatic rings. The van der Waals surface area contributed by atoms with Crippen LogP contribution in [0, 0.1) is 0 Å². The molecule has 0 bridgehead atoms. The molecule has 2 aromatic rings. The second-order valence-corrected chi connectivity index (χ2v) is 7.50. The molecule has 1 atom stereocenters. The number of hydrogen-bond acceptors (Lipinski definition) is 3. The lowest BCUT2D eigenvalue weighted by atomic mass is 9.99. The molecule has 0 radical (unpaired) electrons. The molecule has 0 amide bonds. The molecule has 5 heteroatoms. The maximum Gasteiger partial charge on any atom is 0.193 e. The van der Waals surface area contributed by atoms with Crippen molar-refractivity contribution in [2.24, 2.45) is 4.99 Å². The first-order valence-corrected chi connectivity index (χ1v) is 10.0. The first-order chi connectivity index (χ1) is 13.7. The lowest BCUT2D eigenvalue weighted by Gasteiger charge is -2.22. The number of hydrogen-bond donors (Lipinski definition) is 1. The van der Waals surface area contributed by atoms with Crippen molar-refractivity contribution in [3.8, 4) is 5.75 Å². The number of guanidine groups is 1. The van der Waals surface area contributed by atoms with Gasteiger partial charge in [-0.05, 0) is 32.1 Å². The third kappa shape index (κ3) is 5.49. The number of nitrogens with one attached hydrogen (secondary N) is 1. The van der Waals surface area contributed by atoms with Gasteiger partial charge in [0.15, 0.2) is 5.96 Å². The Labute approximate surface area is 169 Å². The molecule has 150 valence electrons. The zero-order valence-electron chi connectivity index (χ0n) is 17.3. The quantitative estimate of drug-likeness (QED) is 0.592. The van der Waals surface area contributed by atoms with Gasteiger partial charge in [0.25, 0.3) is 0 Å². The number of aliphatic imine (C=N–C) groups is 1. The lowest BCUT2D eigenvalue weighted by molar-refractivity contribution is 0.259. The SMILES string of the molecule is CN=C(NCc1ccccc1OCCN(C)C)N1CCC(c2ccccc2)C1. The normalized spacial score (nSPS) is 17.2. The summed E-state index contributed by atoms with van der Waals surface area (Å²) in [6.45, 7) is 4.32. The van der Waals surface area contributed by atoms with Crippen molar-refractivity contribution < 1.29 is 4.74 Å². The molecule has 3 rings (SSSR count). The summed E-state index contributed by atoms with van der Waals surface area (Å²) in [5.41, 5.74) is 2.57. The standard InChI is InChI=1S/C23H32N4O/c1-24-23(27-14-13-21(18-27)19-9-5-4-6-10-19)25-17-20-11-7-8-12-22(20)28-16-15-26(2)3/h4-12,21H,13-18H2,1-3H3,(H,24,25). The van der Waals surface area contributed by atoms with Gasteiger partial charge in [0, 0.05) is 44.7 Å². The minimum atomic E-state index is 0.571. The van der Waals surface area contributed by atoms with Gasteiger partial charge in [-0.25, -0.2) is 0 Å². The maximum absolute atomic E-state index is 5.98. The van der Waals surface area contributed by atoms with Gasteiger partial charge in [-0.1, -0.05) is 48.5 Å². The molecule has 1 unspecified atom stereocenters. The molecule has 0 spiro atoms. The van der Waals surface area contributed by atoms with Crippen LogP contribution >= 0.6 is 0 Å². The van der Waals surface area contributed by atoms with Crippen LogP contribution in [-0.2, 0) is 6.54 Å². The molecule has 5 nitrogen and oxygen atoms in total. The fourth-order valence-corrected chi connectivity index (χ4v) is 3.59. The molecule has 1 N–H and O–H groups in total. The molecule has 0 aromatic heterocycles. The van der Waals surface area contributed by atoms with Crippen molar-refractivity contribution in [3.05, 3.63) is 65.7 Å². The van der Waals surface area contributed by atoms with Gasteiger partial charge in [-0.3, -0.25) is 4.99 Å². The van der Waals surface area contributed by atoms with E-state index in [1.165, 1.54) is 5.56 Å². The van der Waals surface area contributed by atoms with Crippen molar-refractivity contribution in [1.29, 1.82) is 0 Å². The van der Waals surface area contributed by atoms with Crippen LogP contribution in [0.1, 0.15) is 23.5 Å². The highest BCUT2D eigenvalue weighted by atomic mass is 16.5. The number of benzene rings is 2. The smallest absolute Gasteiger partial charge is 0.193 e. The first-order valence-electron chi connectivity index (χ1n) is 10.0. The fourth-order valence-electron chi connectivity index (χ4n) is 3.59. The van der Waals surface area contributed by atoms with Gasteiger partial charge >= 0.3 is 0 Å². The van der Waals surface area contributed by atoms with Gasteiger partial charge in [0.05, 0.1) is 0 Å². The van der Waals surface area contributed by atoms with E-state index in [2.05, 4.69) is 76.7 Å². The van der Waals surface area contributed by atoms with Crippen molar-refractivity contribution >= 4 is 5.96 Å². The Hall–Kier alpha value is -2.53. The largest absolute Gasteiger partial charge is 0.492 e. The van der Waals surface area contributed by atoms with E-state index in [0.717, 1.165) is 43.3 Å². The second kappa shape index (κ2) is 10.1. The van der Waals surface area contributed by atoms with Crippen LogP contribution in [0.4, 0.5) is 0 Å². The Morgan fingerprint density at radius 3 is 2.64 bits per heavy atom. The average Bonchev–Trinajstić information content (AvgIpc) is 3.20. The van der Waals surface area contributed by atoms with Crippen LogP contribution < -0.4 is 10.1 Å². The molecule has 1 fully saturated rings. The van der Waals surface area contributed by atoms with Gasteiger partial charge < -0.3 is 19.9 Å². The third-order valence-electron chi connectivity index (χ3n) is 5.18. The Kier molecular flexibility index (Phi) is 7.31. The summed E-state index contributed by atoms with van der Waals surface area (Å²) in [6, 6.07) is 19.0. The molecular formula is C23H32N4O. The average molecular weight is 381 g/mol. The van der Waals surface area contributed by atoms with E-state index in [1.54, 1.807) is 0 Å². The number of likely N-dealkylation sites (tertiary alicyclic amines) is 1. The zero-order chi connectivity index (χ0) is 19.8. The van der Waals surface area contributed by atoms with E-state index in [1.807, 2.05) is 19.2 Å². The highest BCUT2D eigenvalue weighted by Crippen LogP contribution is 2.27. The van der Waals surface area contributed by atoms with E-state index in [9.17, 15) is 0 Å². The molecule has 2 aromatic carbocycles. The number of ether oxygens (including phenoxy) is 1. The summed E-state index contributed by atoms with van der Waals surface area (Å²) >= 11 is 0. The van der Waals surface area contributed by atoms with Crippen LogP contribution in [0.25, 0.3) is 0 Å². The molecular weight excluding hydrogens is 348 g/mol. The van der Waals surface area contributed by atoms with Gasteiger partial charge in [-0.2, -0.15) is 0 Å². The predicted octanol–water partition coefficient (Wildman–Crippen LogP) is 3.19. The summed E-state index contributed by atoms with van der Waals surface area (Å²) in [5.74, 6) is 2.47. The molecule has 1 aliphatic heterocycles. The zero-order valence-corrected chi connectivity index (χ0v) is 17.3. The van der Waals surface area contributed by atoms with Crippen LogP contribution in [0.3, 0.4) is 0 Å². The lowest BCUT2D eigenvalue weighted by Crippen LogP contribution is -2.39. The molecule has 28 heavy (non-hydrogen) atoms. The van der Waals surface area contributed by atoms with Crippen LogP contribution in [0.5, 0.6) is 5.75 Å². The van der Waals surface area contributed by atoms with Gasteiger partial charge in [0.1, 0.15) is 12.4 Å². The van der Waals surface area contributed by atoms with E-state index in [-0.39, 0.29) is 0 Å². The van der Waals surface area contributed by atoms with Crippen molar-refractivity contribution in [2.75, 3.05) is 47.4 Å². The van der Waals surface area contributed by atoms with E-state index >= 15 is 0 Å². The van der Waals surface area contributed by atoms with E-state index in [0.29, 0.717) is 19.1 Å². The van der Waals surface area contributed by atoms with Crippen LogP contribution in [0.2, 0.25) is 0 Å². The van der Waals surface area contributed by atoms with Crippen molar-refractivity contribution in [3.63, 3.8) is 0 Å². The molecule has 0 aliphatic carbocycles. The predicted molar refractivity (Wildman–Crippen MR) is 116 cm³/mol. The van der Waals surface area contributed by atoms with Gasteiger partial charge in [-0.15, -0.1) is 0 Å². The number of likely N-dealkylation sites (N-methyl/N-ethyl adjacent to an activating group) is 1. The monoisotopic (exact) mass is 380 g/mol. The highest BCUT2D eigenvalue weighted by Gasteiger charge is 2.25. The van der Waals surface area contributed by atoms with E-state index in [4.69, 9.17) is 4.74 Å². The fraction of sp³-hybridized carbons (Fsp3) is 0.435. The van der Waals surface area contributed by atoms with Crippen molar-refractivity contribution in [1.82, 2.24) is 15.1 Å². The third-order valence-corrected chi connectivity index (χ3v) is 5.18. The van der Waals surface area contributed by atoms with Crippen LogP contribution in [-0.4, -0.2) is 63.1 Å². The second-order valence-electron chi connectivity index (χ2n) is 7.50. The highest BCUT2D eigenvalue weighted by molar-refractivity contribution is 5.80. The Bertz CT molecular complexity index is 760. The minimum Gasteiger partial charge on any atom is -0.492 e. The number of rotatable bonds is 7. The molecule has 1 saturated heterocycles. The summed E-state index contributed by atoms with van der Waals surface area (Å²) in [5, 5.41) is 3.52. The topological polar surface area (TPSA) is 40.1 Å². The molecule has 1 heterocycles. The first kappa shape index (κ1) is 20.2. The summed E-state index contributed by atoms with van der Waals surface area (Å²) in [7, 11) is 5.97. The number of nitrogens with zero attached hydrogens (tertiary/aromatic N) is 3. The Morgan fingerprint density at radius 1 is 1.14 bits per heavy atom. The van der Waals surface area contributed by atoms with Crippen molar-refractivity contribution in [2.45, 2.75) is 18.9 Å². The van der Waals surface area contributed by atoms with Gasteiger partial charge in [0.2, 0.25) is 0 Å². The van der Waals surface area contributed by atoms with E-state index < -0.39 is 0 Å². The summed E-state index contributed by atoms with van der Waals surface area (Å²) in [6.07, 6.45) is 1.16. The van der Waals surface area contributed by atoms with Crippen LogP contribution in [0.15, 0.2) is 59.6 Å². The summed E-state index contributed by atoms with van der Waals surface area (Å²) in [4.78, 5) is 8.99. The Balaban J connectivity index is 1.56. The Morgan fingerprint density at radius 2 is 1.89 bits per heavy atom. The summed E-state index contributed by atoms with van der Waals surface area (Å²) < 4.78 is 5.98. The number of para-hydroxylation sites is 1. The molecule has 0 saturated carbocycles. The maximum atomic E-state index is 5.98.